The van der Waals surface area contributed by atoms with Crippen LogP contribution in [0.3, 0.4) is 0 Å². The summed E-state index contributed by atoms with van der Waals surface area (Å²) in [6, 6.07) is 0. The molecule has 0 aromatic carbocycles. The number of allylic oxidation sites excluding steroid dienone is 1. The Morgan fingerprint density at radius 3 is 3.20 bits per heavy atom. The molecule has 0 bridgehead atoms. The molecule has 0 atom stereocenters. The van der Waals surface area contributed by atoms with E-state index in [-0.39, 0.29) is 5.56 Å². The van der Waals surface area contributed by atoms with Crippen molar-refractivity contribution >= 4 is 22.8 Å². The van der Waals surface area contributed by atoms with Gasteiger partial charge in [-0.1, -0.05) is 17.8 Å². The van der Waals surface area contributed by atoms with Gasteiger partial charge < -0.3 is 0 Å². The summed E-state index contributed by atoms with van der Waals surface area (Å²) in [5.41, 5.74) is 0.457. The lowest BCUT2D eigenvalue weighted by Gasteiger charge is -1.99. The first-order chi connectivity index (χ1) is 7.26. The highest BCUT2D eigenvalue weighted by Gasteiger charge is 2.08. The van der Waals surface area contributed by atoms with Gasteiger partial charge in [0.2, 0.25) is 0 Å². The molecule has 2 heterocycles. The highest BCUT2D eigenvalue weighted by atomic mass is 32.2. The molecule has 2 rings (SSSR count). The third kappa shape index (κ3) is 1.68. The Balaban J connectivity index is 2.71. The topological polar surface area (TPSA) is 63.6 Å². The van der Waals surface area contributed by atoms with Crippen molar-refractivity contribution in [1.29, 1.82) is 0 Å². The van der Waals surface area contributed by atoms with Crippen LogP contribution in [0.2, 0.25) is 0 Å². The van der Waals surface area contributed by atoms with Crippen molar-refractivity contribution in [2.24, 2.45) is 0 Å². The van der Waals surface area contributed by atoms with Gasteiger partial charge in [-0.05, 0) is 6.26 Å². The Hall–Kier alpha value is -1.56. The minimum atomic E-state index is -0.167. The molecule has 0 radical (unpaired) electrons. The number of aromatic amines is 1. The van der Waals surface area contributed by atoms with Crippen LogP contribution in [-0.2, 0) is 6.54 Å². The molecule has 0 fully saturated rings. The quantitative estimate of drug-likeness (QED) is 0.478. The fourth-order valence-electron chi connectivity index (χ4n) is 1.32. The van der Waals surface area contributed by atoms with Crippen molar-refractivity contribution in [2.75, 3.05) is 6.26 Å². The monoisotopic (exact) mass is 222 g/mol. The smallest absolute Gasteiger partial charge is 0.267 e. The summed E-state index contributed by atoms with van der Waals surface area (Å²) >= 11 is 1.44. The van der Waals surface area contributed by atoms with Crippen molar-refractivity contribution in [3.8, 4) is 0 Å². The van der Waals surface area contributed by atoms with Gasteiger partial charge in [-0.25, -0.2) is 9.97 Å². The number of aromatic nitrogens is 4. The van der Waals surface area contributed by atoms with Crippen molar-refractivity contribution in [2.45, 2.75) is 11.7 Å². The van der Waals surface area contributed by atoms with Gasteiger partial charge in [0, 0.05) is 6.20 Å². The van der Waals surface area contributed by atoms with E-state index >= 15 is 0 Å². The molecule has 15 heavy (non-hydrogen) atoms. The molecule has 0 amide bonds. The Morgan fingerprint density at radius 1 is 1.73 bits per heavy atom. The van der Waals surface area contributed by atoms with Crippen molar-refractivity contribution in [1.82, 2.24) is 19.7 Å². The van der Waals surface area contributed by atoms with Gasteiger partial charge in [0.1, 0.15) is 5.39 Å². The second kappa shape index (κ2) is 3.90. The van der Waals surface area contributed by atoms with Gasteiger partial charge in [-0.15, -0.1) is 6.58 Å². The van der Waals surface area contributed by atoms with Gasteiger partial charge >= 0.3 is 0 Å². The fourth-order valence-corrected chi connectivity index (χ4v) is 1.65. The summed E-state index contributed by atoms with van der Waals surface area (Å²) in [5.74, 6) is 0. The summed E-state index contributed by atoms with van der Waals surface area (Å²) in [5, 5.41) is 3.84. The Labute approximate surface area is 90.2 Å². The average molecular weight is 222 g/mol. The number of thioether (sulfide) groups is 1. The zero-order valence-electron chi connectivity index (χ0n) is 8.23. The molecule has 0 aliphatic heterocycles. The molecule has 78 valence electrons. The van der Waals surface area contributed by atoms with E-state index in [0.717, 1.165) is 0 Å². The van der Waals surface area contributed by atoms with Crippen LogP contribution in [-0.4, -0.2) is 26.0 Å². The largest absolute Gasteiger partial charge is 0.275 e. The maximum Gasteiger partial charge on any atom is 0.275 e. The zero-order valence-corrected chi connectivity index (χ0v) is 9.04. The standard InChI is InChI=1S/C9H10N4OS/c1-3-4-13-7-6(8(14)12-13)5-10-9(11-7)15-2/h3,5H,1,4H2,2H3,(H,12,14). The van der Waals surface area contributed by atoms with E-state index in [0.29, 0.717) is 22.7 Å². The number of fused-ring (bicyclic) bond motifs is 1. The lowest BCUT2D eigenvalue weighted by atomic mass is 10.4. The molecule has 0 spiro atoms. The van der Waals surface area contributed by atoms with Crippen molar-refractivity contribution in [3.05, 3.63) is 29.2 Å². The summed E-state index contributed by atoms with van der Waals surface area (Å²) in [4.78, 5) is 19.8. The first kappa shape index (κ1) is 9.97. The molecule has 2 aromatic heterocycles. The third-order valence-corrected chi connectivity index (χ3v) is 2.54. The normalized spacial score (nSPS) is 10.7. The van der Waals surface area contributed by atoms with E-state index in [1.54, 1.807) is 17.0 Å². The predicted molar refractivity (Wildman–Crippen MR) is 60.1 cm³/mol. The lowest BCUT2D eigenvalue weighted by molar-refractivity contribution is 0.706. The van der Waals surface area contributed by atoms with Gasteiger partial charge in [0.05, 0.1) is 6.54 Å². The summed E-state index contributed by atoms with van der Waals surface area (Å²) in [6.45, 7) is 4.15. The van der Waals surface area contributed by atoms with Crippen LogP contribution < -0.4 is 5.56 Å². The van der Waals surface area contributed by atoms with Crippen LogP contribution in [0, 0.1) is 0 Å². The van der Waals surface area contributed by atoms with Gasteiger partial charge in [0.25, 0.3) is 5.56 Å². The maximum atomic E-state index is 11.5. The van der Waals surface area contributed by atoms with Gasteiger partial charge in [-0.2, -0.15) is 0 Å². The Bertz CT molecular complexity index is 557. The second-order valence-electron chi connectivity index (χ2n) is 2.93. The minimum absolute atomic E-state index is 0.167. The van der Waals surface area contributed by atoms with Crippen molar-refractivity contribution < 1.29 is 0 Å². The SMILES string of the molecule is C=CCn1[nH]c(=O)c2cnc(SC)nc21. The van der Waals surface area contributed by atoms with Crippen molar-refractivity contribution in [3.63, 3.8) is 0 Å². The zero-order chi connectivity index (χ0) is 10.8. The molecule has 0 saturated heterocycles. The van der Waals surface area contributed by atoms with E-state index in [2.05, 4.69) is 21.6 Å². The second-order valence-corrected chi connectivity index (χ2v) is 3.71. The molecule has 0 saturated carbocycles. The number of hydrogen-bond donors (Lipinski definition) is 1. The van der Waals surface area contributed by atoms with E-state index < -0.39 is 0 Å². The summed E-state index contributed by atoms with van der Waals surface area (Å²) in [7, 11) is 0. The molecule has 0 aliphatic rings. The maximum absolute atomic E-state index is 11.5. The fraction of sp³-hybridized carbons (Fsp3) is 0.222. The molecule has 1 N–H and O–H groups in total. The number of nitrogens with zero attached hydrogens (tertiary/aromatic N) is 3. The van der Waals surface area contributed by atoms with E-state index in [1.165, 1.54) is 11.8 Å². The lowest BCUT2D eigenvalue weighted by Crippen LogP contribution is -2.04. The molecular formula is C9H10N4OS. The van der Waals surface area contributed by atoms with E-state index in [1.807, 2.05) is 6.26 Å². The van der Waals surface area contributed by atoms with Crippen LogP contribution in [0.15, 0.2) is 28.8 Å². The van der Waals surface area contributed by atoms with E-state index in [9.17, 15) is 4.79 Å². The van der Waals surface area contributed by atoms with Crippen LogP contribution in [0.4, 0.5) is 0 Å². The Morgan fingerprint density at radius 2 is 2.53 bits per heavy atom. The first-order valence-corrected chi connectivity index (χ1v) is 5.59. The summed E-state index contributed by atoms with van der Waals surface area (Å²) in [6.07, 6.45) is 5.15. The minimum Gasteiger partial charge on any atom is -0.267 e. The van der Waals surface area contributed by atoms with Gasteiger partial charge in [-0.3, -0.25) is 14.6 Å². The number of hydrogen-bond acceptors (Lipinski definition) is 4. The molecule has 0 aliphatic carbocycles. The predicted octanol–water partition coefficient (Wildman–Crippen LogP) is 1.03. The number of H-pyrrole nitrogens is 1. The molecule has 0 unspecified atom stereocenters. The molecule has 6 heteroatoms. The van der Waals surface area contributed by atoms with Gasteiger partial charge in [0.15, 0.2) is 10.8 Å². The van der Waals surface area contributed by atoms with Crippen LogP contribution in [0.5, 0.6) is 0 Å². The molecule has 2 aromatic rings. The summed E-state index contributed by atoms with van der Waals surface area (Å²) < 4.78 is 1.66. The number of rotatable bonds is 3. The molecule has 5 nitrogen and oxygen atoms in total. The Kier molecular flexibility index (Phi) is 2.59. The number of nitrogens with one attached hydrogen (secondary N) is 1. The third-order valence-electron chi connectivity index (χ3n) is 1.98. The van der Waals surface area contributed by atoms with Crippen LogP contribution in [0.25, 0.3) is 11.0 Å². The first-order valence-electron chi connectivity index (χ1n) is 4.36. The highest BCUT2D eigenvalue weighted by molar-refractivity contribution is 7.98. The highest BCUT2D eigenvalue weighted by Crippen LogP contribution is 2.12. The van der Waals surface area contributed by atoms with Crippen LogP contribution >= 0.6 is 11.8 Å². The average Bonchev–Trinajstić information content (AvgIpc) is 2.56. The molecular weight excluding hydrogens is 212 g/mol. The van der Waals surface area contributed by atoms with Crippen LogP contribution in [0.1, 0.15) is 0 Å². The van der Waals surface area contributed by atoms with E-state index in [4.69, 9.17) is 0 Å².